The van der Waals surface area contributed by atoms with Crippen molar-refractivity contribution < 1.29 is 26.5 Å². The number of Topliss-reactive ketones (excluding diaryl/α,β-unsaturated/α-hetero) is 1. The first-order chi connectivity index (χ1) is 9.15. The normalized spacial score (nSPS) is 10.4. The molecular weight excluding hydrogens is 342 g/mol. The van der Waals surface area contributed by atoms with Gasteiger partial charge in [-0.2, -0.15) is 0 Å². The Kier molecular flexibility index (Phi) is 4.15. The molecule has 2 aromatic heterocycles. The molecule has 2 N–H and O–H groups in total. The van der Waals surface area contributed by atoms with Crippen molar-refractivity contribution in [1.29, 1.82) is 0 Å². The Hall–Kier alpha value is -1.80. The maximum Gasteiger partial charge on any atom is 0.393 e. The molecule has 0 amide bonds. The Morgan fingerprint density at radius 3 is 2.80 bits per heavy atom. The SMILES string of the molecule is Cc1n[n+](CC(=O)c2ccccc2)c2sc(N)nn12.[Br-]. The molecule has 0 radical (unpaired) electrons. The Morgan fingerprint density at radius 1 is 1.40 bits per heavy atom. The number of hydrogen-bond acceptors (Lipinski definition) is 5. The number of rotatable bonds is 3. The van der Waals surface area contributed by atoms with E-state index in [1.54, 1.807) is 21.3 Å². The van der Waals surface area contributed by atoms with Gasteiger partial charge in [0.2, 0.25) is 10.9 Å². The highest BCUT2D eigenvalue weighted by Gasteiger charge is 2.23. The lowest BCUT2D eigenvalue weighted by Gasteiger charge is -1.96. The lowest BCUT2D eigenvalue weighted by atomic mass is 10.1. The van der Waals surface area contributed by atoms with E-state index in [2.05, 4.69) is 10.2 Å². The predicted octanol–water partition coefficient (Wildman–Crippen LogP) is -2.14. The Labute approximate surface area is 129 Å². The average Bonchev–Trinajstić information content (AvgIpc) is 2.91. The molecule has 20 heavy (non-hydrogen) atoms. The molecular formula is C12H12BrN5OS. The van der Waals surface area contributed by atoms with Gasteiger partial charge in [0.25, 0.3) is 5.82 Å². The summed E-state index contributed by atoms with van der Waals surface area (Å²) in [6.07, 6.45) is 0. The summed E-state index contributed by atoms with van der Waals surface area (Å²) in [5.41, 5.74) is 6.35. The number of benzene rings is 1. The number of nitrogens with zero attached hydrogens (tertiary/aromatic N) is 4. The minimum atomic E-state index is 0. The summed E-state index contributed by atoms with van der Waals surface area (Å²) in [4.78, 5) is 12.9. The van der Waals surface area contributed by atoms with Crippen molar-refractivity contribution in [3.8, 4) is 0 Å². The van der Waals surface area contributed by atoms with Crippen LogP contribution in [0.1, 0.15) is 16.2 Å². The first-order valence-electron chi connectivity index (χ1n) is 5.75. The molecule has 1 aromatic carbocycles. The topological polar surface area (TPSA) is 77.2 Å². The maximum absolute atomic E-state index is 12.2. The number of carbonyl (C=O) groups excluding carboxylic acids is 1. The Bertz CT molecular complexity index is 752. The van der Waals surface area contributed by atoms with Gasteiger partial charge in [-0.15, -0.1) is 4.68 Å². The first kappa shape index (κ1) is 14.6. The molecule has 0 saturated carbocycles. The summed E-state index contributed by atoms with van der Waals surface area (Å²) in [7, 11) is 0. The van der Waals surface area contributed by atoms with E-state index in [9.17, 15) is 4.79 Å². The van der Waals surface area contributed by atoms with Crippen LogP contribution in [0.5, 0.6) is 0 Å². The number of fused-ring (bicyclic) bond motifs is 1. The van der Waals surface area contributed by atoms with E-state index in [0.29, 0.717) is 16.5 Å². The molecule has 0 spiro atoms. The van der Waals surface area contributed by atoms with Crippen LogP contribution in [-0.4, -0.2) is 20.5 Å². The van der Waals surface area contributed by atoms with Gasteiger partial charge in [-0.05, 0) is 21.5 Å². The van der Waals surface area contributed by atoms with Crippen molar-refractivity contribution in [1.82, 2.24) is 14.7 Å². The Morgan fingerprint density at radius 2 is 2.10 bits per heavy atom. The second-order valence-corrected chi connectivity index (χ2v) is 5.12. The van der Waals surface area contributed by atoms with Crippen LogP contribution in [-0.2, 0) is 6.54 Å². The molecule has 3 aromatic rings. The zero-order valence-corrected chi connectivity index (χ0v) is 13.1. The fourth-order valence-corrected chi connectivity index (χ4v) is 2.67. The number of halogens is 1. The van der Waals surface area contributed by atoms with Crippen molar-refractivity contribution in [2.24, 2.45) is 0 Å². The Balaban J connectivity index is 0.00000147. The third kappa shape index (κ3) is 2.56. The van der Waals surface area contributed by atoms with Gasteiger partial charge >= 0.3 is 4.96 Å². The van der Waals surface area contributed by atoms with E-state index in [0.717, 1.165) is 4.96 Å². The van der Waals surface area contributed by atoms with Gasteiger partial charge in [-0.25, -0.2) is 0 Å². The third-order valence-electron chi connectivity index (χ3n) is 2.76. The number of aryl methyl sites for hydroxylation is 1. The molecule has 0 fully saturated rings. The van der Waals surface area contributed by atoms with Crippen molar-refractivity contribution in [2.75, 3.05) is 5.73 Å². The van der Waals surface area contributed by atoms with Crippen LogP contribution in [0, 0.1) is 6.92 Å². The first-order valence-corrected chi connectivity index (χ1v) is 6.57. The van der Waals surface area contributed by atoms with E-state index in [1.165, 1.54) is 11.3 Å². The number of carbonyl (C=O) groups is 1. The summed E-state index contributed by atoms with van der Waals surface area (Å²) in [6, 6.07) is 9.16. The maximum atomic E-state index is 12.2. The second kappa shape index (κ2) is 5.68. The van der Waals surface area contributed by atoms with Gasteiger partial charge in [0.15, 0.2) is 6.54 Å². The predicted molar refractivity (Wildman–Crippen MR) is 71.0 cm³/mol. The molecule has 0 aliphatic rings. The van der Waals surface area contributed by atoms with Gasteiger partial charge in [0.1, 0.15) is 0 Å². The van der Waals surface area contributed by atoms with Crippen LogP contribution in [0.15, 0.2) is 30.3 Å². The van der Waals surface area contributed by atoms with E-state index in [1.807, 2.05) is 25.1 Å². The van der Waals surface area contributed by atoms with Gasteiger partial charge in [-0.1, -0.05) is 34.8 Å². The fourth-order valence-electron chi connectivity index (χ4n) is 1.89. The van der Waals surface area contributed by atoms with E-state index < -0.39 is 0 Å². The molecule has 0 aliphatic carbocycles. The summed E-state index contributed by atoms with van der Waals surface area (Å²) >= 11 is 1.31. The van der Waals surface area contributed by atoms with Gasteiger partial charge in [0.05, 0.1) is 0 Å². The third-order valence-corrected chi connectivity index (χ3v) is 3.61. The van der Waals surface area contributed by atoms with Crippen LogP contribution < -0.4 is 27.4 Å². The molecule has 0 unspecified atom stereocenters. The molecule has 8 heteroatoms. The van der Waals surface area contributed by atoms with Gasteiger partial charge in [0, 0.05) is 12.5 Å². The minimum absolute atomic E-state index is 0. The van der Waals surface area contributed by atoms with E-state index in [4.69, 9.17) is 5.73 Å². The zero-order valence-electron chi connectivity index (χ0n) is 10.7. The average molecular weight is 354 g/mol. The lowest BCUT2D eigenvalue weighted by molar-refractivity contribution is -0.713. The summed E-state index contributed by atoms with van der Waals surface area (Å²) in [5.74, 6) is 0.724. The van der Waals surface area contributed by atoms with Crippen molar-refractivity contribution >= 4 is 27.2 Å². The highest BCUT2D eigenvalue weighted by molar-refractivity contribution is 7.19. The standard InChI is InChI=1S/C12H12N5OS.BrH/c1-8-14-16(12-17(8)15-11(13)19-12)7-10(18)9-5-3-2-4-6-9;/h2-6H,7H2,1H3,(H2,13,15);1H/q+1;/p-1. The summed E-state index contributed by atoms with van der Waals surface area (Å²) < 4.78 is 3.29. The van der Waals surface area contributed by atoms with Crippen LogP contribution in [0.4, 0.5) is 5.13 Å². The van der Waals surface area contributed by atoms with Crippen molar-refractivity contribution in [3.63, 3.8) is 0 Å². The van der Waals surface area contributed by atoms with Crippen LogP contribution in [0.3, 0.4) is 0 Å². The van der Waals surface area contributed by atoms with Gasteiger partial charge in [-0.3, -0.25) is 4.79 Å². The molecule has 2 heterocycles. The van der Waals surface area contributed by atoms with Crippen molar-refractivity contribution in [2.45, 2.75) is 13.5 Å². The second-order valence-electron chi connectivity index (χ2n) is 4.13. The monoisotopic (exact) mass is 353 g/mol. The summed E-state index contributed by atoms with van der Waals surface area (Å²) in [6.45, 7) is 2.01. The molecule has 0 saturated heterocycles. The highest BCUT2D eigenvalue weighted by atomic mass is 79.9. The van der Waals surface area contributed by atoms with Gasteiger partial charge < -0.3 is 22.7 Å². The molecule has 6 nitrogen and oxygen atoms in total. The van der Waals surface area contributed by atoms with Crippen LogP contribution in [0.25, 0.3) is 4.96 Å². The number of anilines is 1. The number of aromatic nitrogens is 4. The number of nitrogen functional groups attached to an aromatic ring is 1. The zero-order chi connectivity index (χ0) is 13.4. The summed E-state index contributed by atoms with van der Waals surface area (Å²) in [5, 5.41) is 8.90. The number of hydrogen-bond donors (Lipinski definition) is 1. The fraction of sp³-hybridized carbons (Fsp3) is 0.167. The lowest BCUT2D eigenvalue weighted by Crippen LogP contribution is -3.00. The minimum Gasteiger partial charge on any atom is -1.00 e. The quantitative estimate of drug-likeness (QED) is 0.430. The highest BCUT2D eigenvalue weighted by Crippen LogP contribution is 2.14. The largest absolute Gasteiger partial charge is 1.00 e. The number of nitrogens with two attached hydrogens (primary N) is 1. The molecule has 104 valence electrons. The van der Waals surface area contributed by atoms with E-state index in [-0.39, 0.29) is 29.3 Å². The molecule has 0 atom stereocenters. The molecule has 3 rings (SSSR count). The van der Waals surface area contributed by atoms with E-state index >= 15 is 0 Å². The van der Waals surface area contributed by atoms with Crippen molar-refractivity contribution in [3.05, 3.63) is 41.7 Å². The van der Waals surface area contributed by atoms with Crippen LogP contribution >= 0.6 is 11.3 Å². The molecule has 0 aliphatic heterocycles. The van der Waals surface area contributed by atoms with Crippen LogP contribution in [0.2, 0.25) is 0 Å². The molecule has 0 bridgehead atoms. The smallest absolute Gasteiger partial charge is 0.393 e. The number of ketones is 1.